The molecule has 0 saturated carbocycles. The molecule has 1 aromatic carbocycles. The fourth-order valence-corrected chi connectivity index (χ4v) is 2.45. The Morgan fingerprint density at radius 3 is 2.65 bits per heavy atom. The first-order valence-electron chi connectivity index (χ1n) is 5.20. The maximum absolute atomic E-state index is 11.9. The van der Waals surface area contributed by atoms with Gasteiger partial charge in [0, 0.05) is 6.54 Å². The van der Waals surface area contributed by atoms with E-state index in [0.717, 1.165) is 5.57 Å². The topological polar surface area (TPSA) is 55.4 Å². The monoisotopic (exact) mass is 251 g/mol. The van der Waals surface area contributed by atoms with E-state index in [-0.39, 0.29) is 11.4 Å². The normalized spacial score (nSPS) is 15.2. The Morgan fingerprint density at radius 2 is 2.00 bits per heavy atom. The van der Waals surface area contributed by atoms with E-state index >= 15 is 0 Å². The van der Waals surface area contributed by atoms with Crippen molar-refractivity contribution in [3.63, 3.8) is 0 Å². The van der Waals surface area contributed by atoms with Crippen LogP contribution in [-0.4, -0.2) is 21.6 Å². The van der Waals surface area contributed by atoms with Gasteiger partial charge >= 0.3 is 0 Å². The van der Waals surface area contributed by atoms with Crippen molar-refractivity contribution in [2.24, 2.45) is 0 Å². The zero-order valence-corrected chi connectivity index (χ0v) is 9.98. The second-order valence-corrected chi connectivity index (χ2v) is 5.32. The van der Waals surface area contributed by atoms with Gasteiger partial charge in [-0.15, -0.1) is 0 Å². The average molecular weight is 251 g/mol. The van der Waals surface area contributed by atoms with Crippen LogP contribution in [0.15, 0.2) is 59.2 Å². The van der Waals surface area contributed by atoms with Crippen molar-refractivity contribution in [3.8, 4) is 0 Å². The van der Waals surface area contributed by atoms with Gasteiger partial charge in [0.1, 0.15) is 6.61 Å². The SMILES string of the molecule is O=S(=O)(NCC1=CCOC=C1)c1ccccc1. The van der Waals surface area contributed by atoms with Gasteiger partial charge in [-0.25, -0.2) is 13.1 Å². The van der Waals surface area contributed by atoms with E-state index in [2.05, 4.69) is 4.72 Å². The zero-order valence-electron chi connectivity index (χ0n) is 9.17. The molecule has 1 heterocycles. The van der Waals surface area contributed by atoms with Gasteiger partial charge in [0.2, 0.25) is 10.0 Å². The molecule has 0 radical (unpaired) electrons. The lowest BCUT2D eigenvalue weighted by Crippen LogP contribution is -2.26. The third kappa shape index (κ3) is 3.18. The van der Waals surface area contributed by atoms with Gasteiger partial charge < -0.3 is 4.74 Å². The largest absolute Gasteiger partial charge is 0.497 e. The van der Waals surface area contributed by atoms with Crippen molar-refractivity contribution in [2.45, 2.75) is 4.90 Å². The van der Waals surface area contributed by atoms with Gasteiger partial charge in [-0.05, 0) is 29.9 Å². The number of hydrogen-bond acceptors (Lipinski definition) is 3. The van der Waals surface area contributed by atoms with Crippen LogP contribution in [-0.2, 0) is 14.8 Å². The molecule has 0 saturated heterocycles. The number of ether oxygens (including phenoxy) is 1. The van der Waals surface area contributed by atoms with Crippen molar-refractivity contribution in [2.75, 3.05) is 13.2 Å². The summed E-state index contributed by atoms with van der Waals surface area (Å²) in [5.74, 6) is 0. The Balaban J connectivity index is 2.04. The van der Waals surface area contributed by atoms with Crippen LogP contribution in [0.5, 0.6) is 0 Å². The number of benzene rings is 1. The molecule has 0 fully saturated rings. The van der Waals surface area contributed by atoms with Crippen molar-refractivity contribution >= 4 is 10.0 Å². The minimum absolute atomic E-state index is 0.275. The van der Waals surface area contributed by atoms with Gasteiger partial charge in [0.05, 0.1) is 11.2 Å². The molecule has 4 nitrogen and oxygen atoms in total. The fraction of sp³-hybridized carbons (Fsp3) is 0.167. The first-order chi connectivity index (χ1) is 8.18. The second-order valence-electron chi connectivity index (χ2n) is 3.55. The average Bonchev–Trinajstić information content (AvgIpc) is 2.39. The molecule has 0 unspecified atom stereocenters. The Morgan fingerprint density at radius 1 is 1.24 bits per heavy atom. The van der Waals surface area contributed by atoms with E-state index in [9.17, 15) is 8.42 Å². The van der Waals surface area contributed by atoms with E-state index in [1.54, 1.807) is 42.7 Å². The van der Waals surface area contributed by atoms with Crippen LogP contribution in [0.4, 0.5) is 0 Å². The molecular formula is C12H13NO3S. The van der Waals surface area contributed by atoms with Gasteiger partial charge in [-0.2, -0.15) is 0 Å². The molecule has 0 atom stereocenters. The highest BCUT2D eigenvalue weighted by atomic mass is 32.2. The van der Waals surface area contributed by atoms with Gasteiger partial charge in [-0.1, -0.05) is 18.2 Å². The maximum Gasteiger partial charge on any atom is 0.240 e. The highest BCUT2D eigenvalue weighted by Gasteiger charge is 2.13. The second kappa shape index (κ2) is 5.16. The number of nitrogens with one attached hydrogen (secondary N) is 1. The third-order valence-electron chi connectivity index (χ3n) is 2.34. The molecule has 90 valence electrons. The predicted octanol–water partition coefficient (Wildman–Crippen LogP) is 1.44. The molecule has 17 heavy (non-hydrogen) atoms. The van der Waals surface area contributed by atoms with Gasteiger partial charge in [-0.3, -0.25) is 0 Å². The van der Waals surface area contributed by atoms with E-state index in [4.69, 9.17) is 4.74 Å². The van der Waals surface area contributed by atoms with Crippen molar-refractivity contribution in [1.82, 2.24) is 4.72 Å². The zero-order chi connectivity index (χ0) is 12.1. The quantitative estimate of drug-likeness (QED) is 0.881. The number of rotatable bonds is 4. The van der Waals surface area contributed by atoms with Crippen LogP contribution >= 0.6 is 0 Å². The molecule has 0 aliphatic carbocycles. The smallest absolute Gasteiger partial charge is 0.240 e. The molecule has 2 rings (SSSR count). The molecule has 0 aromatic heterocycles. The first-order valence-corrected chi connectivity index (χ1v) is 6.69. The first kappa shape index (κ1) is 11.9. The maximum atomic E-state index is 11.9. The van der Waals surface area contributed by atoms with Crippen LogP contribution in [0, 0.1) is 0 Å². The summed E-state index contributed by atoms with van der Waals surface area (Å²) in [4.78, 5) is 0.275. The number of hydrogen-bond donors (Lipinski definition) is 1. The minimum Gasteiger partial charge on any atom is -0.497 e. The van der Waals surface area contributed by atoms with Crippen molar-refractivity contribution < 1.29 is 13.2 Å². The summed E-state index contributed by atoms with van der Waals surface area (Å²) in [5, 5.41) is 0. The fourth-order valence-electron chi connectivity index (χ4n) is 1.41. The van der Waals surface area contributed by atoms with Crippen LogP contribution in [0.3, 0.4) is 0 Å². The van der Waals surface area contributed by atoms with Crippen molar-refractivity contribution in [3.05, 3.63) is 54.3 Å². The molecule has 1 aliphatic heterocycles. The van der Waals surface area contributed by atoms with Crippen LogP contribution in [0.2, 0.25) is 0 Å². The Kier molecular flexibility index (Phi) is 3.61. The van der Waals surface area contributed by atoms with Gasteiger partial charge in [0.25, 0.3) is 0 Å². The molecule has 1 aliphatic rings. The van der Waals surface area contributed by atoms with E-state index in [0.29, 0.717) is 6.61 Å². The summed E-state index contributed by atoms with van der Waals surface area (Å²) in [6.45, 7) is 0.760. The Bertz CT molecular complexity index is 532. The van der Waals surface area contributed by atoms with E-state index in [1.165, 1.54) is 0 Å². The molecule has 1 N–H and O–H groups in total. The minimum atomic E-state index is -3.43. The van der Waals surface area contributed by atoms with E-state index < -0.39 is 10.0 Å². The summed E-state index contributed by atoms with van der Waals surface area (Å²) in [6.07, 6.45) is 5.15. The summed E-state index contributed by atoms with van der Waals surface area (Å²) < 4.78 is 31.3. The summed E-state index contributed by atoms with van der Waals surface area (Å²) in [7, 11) is -3.43. The third-order valence-corrected chi connectivity index (χ3v) is 3.76. The Labute approximate surface area is 101 Å². The summed E-state index contributed by atoms with van der Waals surface area (Å²) in [6, 6.07) is 8.31. The highest BCUT2D eigenvalue weighted by Crippen LogP contribution is 2.08. The van der Waals surface area contributed by atoms with Crippen LogP contribution < -0.4 is 4.72 Å². The van der Waals surface area contributed by atoms with E-state index in [1.807, 2.05) is 6.08 Å². The summed E-state index contributed by atoms with van der Waals surface area (Å²) in [5.41, 5.74) is 0.899. The lowest BCUT2D eigenvalue weighted by molar-refractivity contribution is 0.284. The lowest BCUT2D eigenvalue weighted by Gasteiger charge is -2.10. The standard InChI is InChI=1S/C12H13NO3S/c14-17(15,12-4-2-1-3-5-12)13-10-11-6-8-16-9-7-11/h1-8,13H,9-10H2. The van der Waals surface area contributed by atoms with Crippen molar-refractivity contribution in [1.29, 1.82) is 0 Å². The molecule has 5 heteroatoms. The Hall–Kier alpha value is -1.59. The molecule has 0 bridgehead atoms. The lowest BCUT2D eigenvalue weighted by atomic mass is 10.2. The predicted molar refractivity (Wildman–Crippen MR) is 64.8 cm³/mol. The van der Waals surface area contributed by atoms with Crippen LogP contribution in [0.1, 0.15) is 0 Å². The van der Waals surface area contributed by atoms with Gasteiger partial charge in [0.15, 0.2) is 0 Å². The number of sulfonamides is 1. The molecule has 0 spiro atoms. The highest BCUT2D eigenvalue weighted by molar-refractivity contribution is 7.89. The van der Waals surface area contributed by atoms with Crippen LogP contribution in [0.25, 0.3) is 0 Å². The molecular weight excluding hydrogens is 238 g/mol. The molecule has 0 amide bonds. The molecule has 1 aromatic rings. The summed E-state index contributed by atoms with van der Waals surface area (Å²) >= 11 is 0.